The molecule has 2 aliphatic heterocycles. The van der Waals surface area contributed by atoms with Gasteiger partial charge in [-0.2, -0.15) is 0 Å². The number of hydrogen-bond donors (Lipinski definition) is 1. The molecule has 7 nitrogen and oxygen atoms in total. The number of hydrogen-bond acceptors (Lipinski definition) is 5. The summed E-state index contributed by atoms with van der Waals surface area (Å²) in [5, 5.41) is 2.23. The summed E-state index contributed by atoms with van der Waals surface area (Å²) in [5.41, 5.74) is 1.31. The number of likely N-dealkylation sites (tertiary alicyclic amines) is 1. The molecule has 1 amide bonds. The molecule has 0 unspecified atom stereocenters. The van der Waals surface area contributed by atoms with Crippen LogP contribution in [0.1, 0.15) is 19.3 Å². The lowest BCUT2D eigenvalue weighted by molar-refractivity contribution is -0.129. The van der Waals surface area contributed by atoms with E-state index < -0.39 is 10.0 Å². The van der Waals surface area contributed by atoms with Crippen molar-refractivity contribution < 1.29 is 13.2 Å². The van der Waals surface area contributed by atoms with Gasteiger partial charge in [0.1, 0.15) is 0 Å². The molecule has 1 spiro atoms. The molecule has 2 aliphatic rings. The zero-order valence-corrected chi connectivity index (χ0v) is 20.4. The Bertz CT molecular complexity index is 1310. The molecule has 1 N–H and O–H groups in total. The molecule has 3 heterocycles. The number of anilines is 1. The van der Waals surface area contributed by atoms with E-state index in [9.17, 15) is 13.2 Å². The van der Waals surface area contributed by atoms with Gasteiger partial charge >= 0.3 is 0 Å². The Morgan fingerprint density at radius 1 is 0.971 bits per heavy atom. The highest BCUT2D eigenvalue weighted by molar-refractivity contribution is 7.89. The number of piperidine rings is 1. The predicted molar refractivity (Wildman–Crippen MR) is 133 cm³/mol. The van der Waals surface area contributed by atoms with E-state index in [1.807, 2.05) is 29.4 Å². The van der Waals surface area contributed by atoms with Gasteiger partial charge in [0.2, 0.25) is 15.9 Å². The van der Waals surface area contributed by atoms with E-state index in [1.54, 1.807) is 30.3 Å². The Labute approximate surface area is 204 Å². The molecule has 5 rings (SSSR count). The summed E-state index contributed by atoms with van der Waals surface area (Å²) in [6, 6.07) is 14.2. The van der Waals surface area contributed by atoms with Gasteiger partial charge in [-0.1, -0.05) is 23.7 Å². The van der Waals surface area contributed by atoms with Crippen LogP contribution in [-0.2, 0) is 14.8 Å². The van der Waals surface area contributed by atoms with Crippen LogP contribution in [0.15, 0.2) is 65.8 Å². The molecule has 0 radical (unpaired) electrons. The third-order valence-corrected chi connectivity index (χ3v) is 8.77. The van der Waals surface area contributed by atoms with Crippen molar-refractivity contribution in [1.29, 1.82) is 0 Å². The van der Waals surface area contributed by atoms with Crippen LogP contribution in [0.3, 0.4) is 0 Å². The number of carbonyl (C=O) groups is 1. The van der Waals surface area contributed by atoms with Crippen LogP contribution in [-0.4, -0.2) is 56.9 Å². The number of benzene rings is 2. The minimum atomic E-state index is -3.80. The van der Waals surface area contributed by atoms with Gasteiger partial charge in [-0.05, 0) is 71.8 Å². The van der Waals surface area contributed by atoms with Crippen LogP contribution in [0.5, 0.6) is 0 Å². The second kappa shape index (κ2) is 9.17. The third kappa shape index (κ3) is 4.76. The van der Waals surface area contributed by atoms with Crippen LogP contribution in [0.2, 0.25) is 5.02 Å². The van der Waals surface area contributed by atoms with Crippen molar-refractivity contribution in [2.75, 3.05) is 37.6 Å². The number of amides is 1. The summed E-state index contributed by atoms with van der Waals surface area (Å²) in [4.78, 5) is 21.3. The van der Waals surface area contributed by atoms with Gasteiger partial charge in [0.05, 0.1) is 11.4 Å². The molecule has 0 atom stereocenters. The number of aromatic nitrogens is 1. The summed E-state index contributed by atoms with van der Waals surface area (Å²) in [6.45, 7) is 3.03. The Morgan fingerprint density at radius 3 is 2.41 bits per heavy atom. The van der Waals surface area contributed by atoms with Gasteiger partial charge in [-0.3, -0.25) is 9.78 Å². The zero-order chi connectivity index (χ0) is 23.8. The van der Waals surface area contributed by atoms with Crippen LogP contribution in [0, 0.1) is 5.41 Å². The summed E-state index contributed by atoms with van der Waals surface area (Å²) in [6.07, 6.45) is 6.62. The highest BCUT2D eigenvalue weighted by Gasteiger charge is 2.42. The van der Waals surface area contributed by atoms with Gasteiger partial charge in [-0.25, -0.2) is 13.1 Å². The maximum atomic E-state index is 12.9. The minimum Gasteiger partial charge on any atom is -0.371 e. The summed E-state index contributed by atoms with van der Waals surface area (Å²) >= 11 is 6.01. The van der Waals surface area contributed by atoms with Gasteiger partial charge in [0.25, 0.3) is 0 Å². The van der Waals surface area contributed by atoms with Crippen molar-refractivity contribution in [2.45, 2.75) is 24.2 Å². The molecule has 2 saturated heterocycles. The Hall–Kier alpha value is -2.68. The Balaban J connectivity index is 1.17. The van der Waals surface area contributed by atoms with Gasteiger partial charge in [-0.15, -0.1) is 0 Å². The van der Waals surface area contributed by atoms with Crippen molar-refractivity contribution >= 4 is 44.0 Å². The number of sulfonamides is 1. The van der Waals surface area contributed by atoms with Crippen LogP contribution < -0.4 is 9.62 Å². The average molecular weight is 499 g/mol. The molecular formula is C25H27ClN4O3S. The number of nitrogens with zero attached hydrogens (tertiary/aromatic N) is 3. The zero-order valence-electron chi connectivity index (χ0n) is 18.8. The van der Waals surface area contributed by atoms with Crippen LogP contribution >= 0.6 is 11.6 Å². The average Bonchev–Trinajstić information content (AvgIpc) is 3.26. The molecular weight excluding hydrogens is 472 g/mol. The quantitative estimate of drug-likeness (QED) is 0.580. The topological polar surface area (TPSA) is 82.6 Å². The number of nitrogens with one attached hydrogen (secondary N) is 1. The maximum absolute atomic E-state index is 12.9. The highest BCUT2D eigenvalue weighted by Crippen LogP contribution is 2.41. The lowest BCUT2D eigenvalue weighted by Crippen LogP contribution is -2.44. The molecule has 0 bridgehead atoms. The Morgan fingerprint density at radius 2 is 1.65 bits per heavy atom. The molecule has 1 aromatic heterocycles. The number of fused-ring (bicyclic) bond motifs is 1. The summed E-state index contributed by atoms with van der Waals surface area (Å²) < 4.78 is 28.1. The molecule has 2 fully saturated rings. The van der Waals surface area contributed by atoms with Crippen molar-refractivity contribution in [3.8, 4) is 0 Å². The van der Waals surface area contributed by atoms with Crippen LogP contribution in [0.4, 0.5) is 5.69 Å². The van der Waals surface area contributed by atoms with E-state index in [-0.39, 0.29) is 22.8 Å². The lowest BCUT2D eigenvalue weighted by Gasteiger charge is -2.40. The molecule has 2 aromatic carbocycles. The molecule has 3 aromatic rings. The molecule has 0 aliphatic carbocycles. The van der Waals surface area contributed by atoms with E-state index in [0.29, 0.717) is 18.1 Å². The van der Waals surface area contributed by atoms with E-state index in [4.69, 9.17) is 11.6 Å². The van der Waals surface area contributed by atoms with Crippen molar-refractivity contribution in [2.24, 2.45) is 5.41 Å². The van der Waals surface area contributed by atoms with Crippen molar-refractivity contribution in [1.82, 2.24) is 14.6 Å². The number of pyridine rings is 1. The van der Waals surface area contributed by atoms with E-state index >= 15 is 0 Å². The van der Waals surface area contributed by atoms with E-state index in [2.05, 4.69) is 14.6 Å². The third-order valence-electron chi connectivity index (χ3n) is 7.14. The monoisotopic (exact) mass is 498 g/mol. The molecule has 178 valence electrons. The van der Waals surface area contributed by atoms with Crippen molar-refractivity contribution in [3.05, 3.63) is 65.9 Å². The van der Waals surface area contributed by atoms with Crippen LogP contribution in [0.25, 0.3) is 10.8 Å². The fraction of sp³-hybridized carbons (Fsp3) is 0.360. The number of rotatable bonds is 5. The van der Waals surface area contributed by atoms with Crippen molar-refractivity contribution in [3.63, 3.8) is 0 Å². The first kappa shape index (κ1) is 23.1. The van der Waals surface area contributed by atoms with E-state index in [0.717, 1.165) is 43.1 Å². The fourth-order valence-corrected chi connectivity index (χ4v) is 6.25. The van der Waals surface area contributed by atoms with Gasteiger partial charge in [0, 0.05) is 49.3 Å². The fourth-order valence-electron chi connectivity index (χ4n) is 5.06. The second-order valence-electron chi connectivity index (χ2n) is 9.24. The number of halogens is 1. The number of carbonyl (C=O) groups excluding carboxylic acids is 1. The Kier molecular flexibility index (Phi) is 6.22. The normalized spacial score (nSPS) is 18.0. The first-order valence-corrected chi connectivity index (χ1v) is 13.3. The first-order valence-electron chi connectivity index (χ1n) is 11.5. The van der Waals surface area contributed by atoms with E-state index in [1.165, 1.54) is 11.8 Å². The standard InChI is InChI=1S/C25H27ClN4O3S/c26-21-3-1-20-16-23(4-2-19(20)15-21)34(32,33)28-17-24(31)30-14-9-25(18-30)7-12-29(13-8-25)22-5-10-27-11-6-22/h1-6,10-11,15-16,28H,7-9,12-14,17-18H2. The molecule has 0 saturated carbocycles. The first-order chi connectivity index (χ1) is 16.3. The van der Waals surface area contributed by atoms with Gasteiger partial charge in [0.15, 0.2) is 0 Å². The molecule has 9 heteroatoms. The second-order valence-corrected chi connectivity index (χ2v) is 11.4. The summed E-state index contributed by atoms with van der Waals surface area (Å²) in [5.74, 6) is -0.176. The molecule has 34 heavy (non-hydrogen) atoms. The predicted octanol–water partition coefficient (Wildman–Crippen LogP) is 3.69. The lowest BCUT2D eigenvalue weighted by atomic mass is 9.77. The van der Waals surface area contributed by atoms with Gasteiger partial charge < -0.3 is 9.80 Å². The SMILES string of the molecule is O=C(CNS(=O)(=O)c1ccc2cc(Cl)ccc2c1)N1CCC2(CCN(c3ccncc3)CC2)C1. The summed E-state index contributed by atoms with van der Waals surface area (Å²) in [7, 11) is -3.80. The smallest absolute Gasteiger partial charge is 0.241 e. The minimum absolute atomic E-state index is 0.123. The highest BCUT2D eigenvalue weighted by atomic mass is 35.5. The largest absolute Gasteiger partial charge is 0.371 e. The maximum Gasteiger partial charge on any atom is 0.241 e.